The van der Waals surface area contributed by atoms with Crippen molar-refractivity contribution in [2.24, 2.45) is 5.73 Å². The number of hydrogen-bond donors (Lipinski definition) is 1. The van der Waals surface area contributed by atoms with Crippen molar-refractivity contribution < 1.29 is 8.85 Å². The molecule has 0 aromatic rings. The van der Waals surface area contributed by atoms with Gasteiger partial charge in [0.25, 0.3) is 0 Å². The summed E-state index contributed by atoms with van der Waals surface area (Å²) in [6, 6.07) is 1.48. The summed E-state index contributed by atoms with van der Waals surface area (Å²) in [7, 11) is 2.16. The molecule has 0 aromatic carbocycles. The van der Waals surface area contributed by atoms with Crippen molar-refractivity contribution >= 4 is 9.28 Å². The predicted octanol–water partition coefficient (Wildman–Crippen LogP) is 1.41. The first kappa shape index (κ1) is 13.1. The van der Waals surface area contributed by atoms with Crippen LogP contribution in [0.1, 0.15) is 32.6 Å². The standard InChI is InChI=1S/C9H23NO2Si/c1-4-9(10)7-5-6-8-13(11-2)12-3/h9,13H,4-8,10H2,1-3H3. The van der Waals surface area contributed by atoms with Gasteiger partial charge in [-0.15, -0.1) is 0 Å². The molecule has 2 N–H and O–H groups in total. The summed E-state index contributed by atoms with van der Waals surface area (Å²) in [6.45, 7) is 2.13. The molecular weight excluding hydrogens is 182 g/mol. The second-order valence-electron chi connectivity index (χ2n) is 3.35. The molecule has 0 heterocycles. The van der Waals surface area contributed by atoms with E-state index in [4.69, 9.17) is 14.6 Å². The molecular formula is C9H23NO2Si. The topological polar surface area (TPSA) is 44.5 Å². The monoisotopic (exact) mass is 205 g/mol. The molecule has 13 heavy (non-hydrogen) atoms. The van der Waals surface area contributed by atoms with Gasteiger partial charge >= 0.3 is 9.28 Å². The van der Waals surface area contributed by atoms with Crippen LogP contribution in [-0.2, 0) is 8.85 Å². The fourth-order valence-electron chi connectivity index (χ4n) is 1.25. The SMILES string of the molecule is CCC(N)CCCC[SiH](OC)OC. The average molecular weight is 205 g/mol. The Kier molecular flexibility index (Phi) is 8.75. The van der Waals surface area contributed by atoms with Crippen molar-refractivity contribution in [3.05, 3.63) is 0 Å². The normalized spacial score (nSPS) is 13.6. The van der Waals surface area contributed by atoms with Crippen LogP contribution in [0.5, 0.6) is 0 Å². The Balaban J connectivity index is 3.23. The zero-order valence-electron chi connectivity index (χ0n) is 9.08. The maximum atomic E-state index is 5.80. The van der Waals surface area contributed by atoms with Crippen LogP contribution in [0.2, 0.25) is 6.04 Å². The third-order valence-electron chi connectivity index (χ3n) is 2.31. The fourth-order valence-corrected chi connectivity index (χ4v) is 2.54. The van der Waals surface area contributed by atoms with E-state index in [1.807, 2.05) is 0 Å². The summed E-state index contributed by atoms with van der Waals surface area (Å²) < 4.78 is 10.4. The highest BCUT2D eigenvalue weighted by Crippen LogP contribution is 2.07. The molecule has 0 bridgehead atoms. The summed E-state index contributed by atoms with van der Waals surface area (Å²) in [5.41, 5.74) is 5.80. The van der Waals surface area contributed by atoms with Gasteiger partial charge in [-0.2, -0.15) is 0 Å². The summed E-state index contributed by atoms with van der Waals surface area (Å²) >= 11 is 0. The van der Waals surface area contributed by atoms with Crippen LogP contribution in [-0.4, -0.2) is 29.5 Å². The molecule has 0 radical (unpaired) electrons. The maximum Gasteiger partial charge on any atom is 0.320 e. The largest absolute Gasteiger partial charge is 0.400 e. The Bertz CT molecular complexity index is 110. The van der Waals surface area contributed by atoms with E-state index in [1.54, 1.807) is 14.2 Å². The maximum absolute atomic E-state index is 5.80. The van der Waals surface area contributed by atoms with Gasteiger partial charge in [0.2, 0.25) is 0 Å². The first-order valence-corrected chi connectivity index (χ1v) is 6.81. The first-order chi connectivity index (χ1) is 6.24. The molecule has 80 valence electrons. The Labute approximate surface area is 83.5 Å². The second kappa shape index (κ2) is 8.68. The number of nitrogens with two attached hydrogens (primary N) is 1. The number of unbranched alkanes of at least 4 members (excludes halogenated alkanes) is 1. The Morgan fingerprint density at radius 1 is 1.23 bits per heavy atom. The van der Waals surface area contributed by atoms with Gasteiger partial charge in [-0.05, 0) is 18.9 Å². The third kappa shape index (κ3) is 7.19. The highest BCUT2D eigenvalue weighted by molar-refractivity contribution is 6.44. The molecule has 0 aromatic heterocycles. The molecule has 1 atom stereocenters. The van der Waals surface area contributed by atoms with Crippen LogP contribution in [0.25, 0.3) is 0 Å². The molecule has 0 amide bonds. The van der Waals surface area contributed by atoms with Gasteiger partial charge in [-0.1, -0.05) is 19.8 Å². The van der Waals surface area contributed by atoms with Crippen molar-refractivity contribution in [2.45, 2.75) is 44.7 Å². The average Bonchev–Trinajstić information content (AvgIpc) is 2.18. The van der Waals surface area contributed by atoms with Gasteiger partial charge in [-0.3, -0.25) is 0 Å². The molecule has 0 aliphatic heterocycles. The highest BCUT2D eigenvalue weighted by Gasteiger charge is 2.08. The van der Waals surface area contributed by atoms with Crippen molar-refractivity contribution in [3.8, 4) is 0 Å². The van der Waals surface area contributed by atoms with Crippen LogP contribution < -0.4 is 5.73 Å². The molecule has 4 heteroatoms. The lowest BCUT2D eigenvalue weighted by molar-refractivity contribution is 0.276. The Morgan fingerprint density at radius 3 is 2.31 bits per heavy atom. The van der Waals surface area contributed by atoms with E-state index < -0.39 is 9.28 Å². The minimum Gasteiger partial charge on any atom is -0.400 e. The van der Waals surface area contributed by atoms with Gasteiger partial charge < -0.3 is 14.6 Å². The van der Waals surface area contributed by atoms with Crippen molar-refractivity contribution in [1.82, 2.24) is 0 Å². The molecule has 3 nitrogen and oxygen atoms in total. The summed E-state index contributed by atoms with van der Waals surface area (Å²) in [4.78, 5) is 0. The molecule has 0 saturated heterocycles. The first-order valence-electron chi connectivity index (χ1n) is 5.05. The van der Waals surface area contributed by atoms with Gasteiger partial charge in [0.05, 0.1) is 0 Å². The minimum atomic E-state index is -1.30. The molecule has 0 aliphatic rings. The van der Waals surface area contributed by atoms with E-state index in [0.717, 1.165) is 18.9 Å². The zero-order valence-corrected chi connectivity index (χ0v) is 10.2. The molecule has 0 spiro atoms. The Hall–Kier alpha value is 0.0969. The van der Waals surface area contributed by atoms with E-state index in [2.05, 4.69) is 6.92 Å². The lowest BCUT2D eigenvalue weighted by Gasteiger charge is -2.11. The van der Waals surface area contributed by atoms with E-state index in [-0.39, 0.29) is 0 Å². The van der Waals surface area contributed by atoms with Crippen LogP contribution in [0.15, 0.2) is 0 Å². The second-order valence-corrected chi connectivity index (χ2v) is 5.73. The van der Waals surface area contributed by atoms with Gasteiger partial charge in [0, 0.05) is 20.3 Å². The molecule has 0 rings (SSSR count). The van der Waals surface area contributed by atoms with Crippen LogP contribution >= 0.6 is 0 Å². The van der Waals surface area contributed by atoms with E-state index in [0.29, 0.717) is 6.04 Å². The lowest BCUT2D eigenvalue weighted by atomic mass is 10.1. The predicted molar refractivity (Wildman–Crippen MR) is 58.1 cm³/mol. The van der Waals surface area contributed by atoms with Crippen LogP contribution in [0.4, 0.5) is 0 Å². The van der Waals surface area contributed by atoms with Crippen LogP contribution in [0.3, 0.4) is 0 Å². The fraction of sp³-hybridized carbons (Fsp3) is 1.00. The third-order valence-corrected chi connectivity index (χ3v) is 4.25. The molecule has 0 fully saturated rings. The van der Waals surface area contributed by atoms with Crippen molar-refractivity contribution in [3.63, 3.8) is 0 Å². The minimum absolute atomic E-state index is 0.380. The Morgan fingerprint density at radius 2 is 1.85 bits per heavy atom. The van der Waals surface area contributed by atoms with E-state index >= 15 is 0 Å². The van der Waals surface area contributed by atoms with Crippen molar-refractivity contribution in [1.29, 1.82) is 0 Å². The zero-order chi connectivity index (χ0) is 10.1. The van der Waals surface area contributed by atoms with Crippen LogP contribution in [0, 0.1) is 0 Å². The number of hydrogen-bond acceptors (Lipinski definition) is 3. The molecule has 0 saturated carbocycles. The van der Waals surface area contributed by atoms with E-state index in [1.165, 1.54) is 12.8 Å². The van der Waals surface area contributed by atoms with Gasteiger partial charge in [0.15, 0.2) is 0 Å². The van der Waals surface area contributed by atoms with Gasteiger partial charge in [0.1, 0.15) is 0 Å². The van der Waals surface area contributed by atoms with E-state index in [9.17, 15) is 0 Å². The molecule has 0 aliphatic carbocycles. The lowest BCUT2D eigenvalue weighted by Crippen LogP contribution is -2.20. The smallest absolute Gasteiger partial charge is 0.320 e. The molecule has 1 unspecified atom stereocenters. The summed E-state index contributed by atoms with van der Waals surface area (Å²) in [5.74, 6) is 0. The van der Waals surface area contributed by atoms with Crippen molar-refractivity contribution in [2.75, 3.05) is 14.2 Å². The van der Waals surface area contributed by atoms with Gasteiger partial charge in [-0.25, -0.2) is 0 Å². The number of rotatable bonds is 8. The summed E-state index contributed by atoms with van der Waals surface area (Å²) in [6.07, 6.45) is 4.60. The quantitative estimate of drug-likeness (QED) is 0.481. The highest BCUT2D eigenvalue weighted by atomic mass is 28.3. The summed E-state index contributed by atoms with van der Waals surface area (Å²) in [5, 5.41) is 0.